The number of amides is 1. The molecular weight excluding hydrogens is 328 g/mol. The highest BCUT2D eigenvalue weighted by molar-refractivity contribution is 5.85. The predicted molar refractivity (Wildman–Crippen MR) is 100 cm³/mol. The van der Waals surface area contributed by atoms with Gasteiger partial charge in [-0.2, -0.15) is 0 Å². The van der Waals surface area contributed by atoms with Crippen LogP contribution in [0.5, 0.6) is 11.5 Å². The molecule has 0 aliphatic rings. The summed E-state index contributed by atoms with van der Waals surface area (Å²) in [6.07, 6.45) is 1.45. The van der Waals surface area contributed by atoms with Crippen molar-refractivity contribution in [1.82, 2.24) is 5.32 Å². The largest absolute Gasteiger partial charge is 0.493 e. The van der Waals surface area contributed by atoms with Gasteiger partial charge in [-0.15, -0.1) is 12.4 Å². The zero-order valence-electron chi connectivity index (χ0n) is 15.6. The molecule has 24 heavy (non-hydrogen) atoms. The van der Waals surface area contributed by atoms with Gasteiger partial charge in [0.15, 0.2) is 11.5 Å². The van der Waals surface area contributed by atoms with Crippen molar-refractivity contribution in [2.24, 2.45) is 11.1 Å². The molecular formula is C18H31ClN2O3. The van der Waals surface area contributed by atoms with Gasteiger partial charge in [-0.1, -0.05) is 13.8 Å². The molecule has 1 aromatic rings. The molecule has 1 atom stereocenters. The molecule has 0 saturated carbocycles. The van der Waals surface area contributed by atoms with Gasteiger partial charge in [-0.05, 0) is 49.9 Å². The van der Waals surface area contributed by atoms with E-state index in [-0.39, 0.29) is 24.4 Å². The number of nitrogens with one attached hydrogen (secondary N) is 1. The van der Waals surface area contributed by atoms with Gasteiger partial charge in [0.1, 0.15) is 0 Å². The summed E-state index contributed by atoms with van der Waals surface area (Å²) in [6.45, 7) is 8.32. The molecule has 0 heterocycles. The summed E-state index contributed by atoms with van der Waals surface area (Å²) in [5, 5.41) is 3.10. The first-order valence-corrected chi connectivity index (χ1v) is 8.12. The van der Waals surface area contributed by atoms with Crippen molar-refractivity contribution in [3.63, 3.8) is 0 Å². The number of rotatable bonds is 8. The highest BCUT2D eigenvalue weighted by Gasteiger charge is 2.34. The minimum absolute atomic E-state index is 0. The van der Waals surface area contributed by atoms with Crippen LogP contribution in [0.2, 0.25) is 0 Å². The lowest BCUT2D eigenvalue weighted by Gasteiger charge is -2.30. The molecule has 138 valence electrons. The molecule has 1 rings (SSSR count). The van der Waals surface area contributed by atoms with E-state index in [0.29, 0.717) is 18.0 Å². The maximum Gasteiger partial charge on any atom is 0.227 e. The van der Waals surface area contributed by atoms with Crippen molar-refractivity contribution in [3.8, 4) is 11.5 Å². The van der Waals surface area contributed by atoms with Gasteiger partial charge in [-0.3, -0.25) is 4.79 Å². The lowest BCUT2D eigenvalue weighted by molar-refractivity contribution is -0.131. The molecule has 0 radical (unpaired) electrons. The van der Waals surface area contributed by atoms with E-state index in [1.807, 2.05) is 39.8 Å². The van der Waals surface area contributed by atoms with E-state index in [0.717, 1.165) is 24.0 Å². The fourth-order valence-electron chi connectivity index (χ4n) is 2.84. The molecule has 0 bridgehead atoms. The fourth-order valence-corrected chi connectivity index (χ4v) is 2.84. The number of benzene rings is 1. The van der Waals surface area contributed by atoms with E-state index >= 15 is 0 Å². The number of halogens is 1. The summed E-state index contributed by atoms with van der Waals surface area (Å²) >= 11 is 0. The highest BCUT2D eigenvalue weighted by atomic mass is 35.5. The summed E-state index contributed by atoms with van der Waals surface area (Å²) in [5.41, 5.74) is 7.41. The number of carbonyl (C=O) groups is 1. The van der Waals surface area contributed by atoms with Crippen LogP contribution in [0.1, 0.15) is 50.8 Å². The first-order valence-electron chi connectivity index (χ1n) is 8.12. The molecule has 0 aliphatic heterocycles. The van der Waals surface area contributed by atoms with Gasteiger partial charge in [0.05, 0.1) is 25.7 Å². The minimum Gasteiger partial charge on any atom is -0.493 e. The van der Waals surface area contributed by atoms with Gasteiger partial charge in [0, 0.05) is 6.54 Å². The average Bonchev–Trinajstić information content (AvgIpc) is 2.56. The monoisotopic (exact) mass is 358 g/mol. The number of methoxy groups -OCH3 is 2. The number of hydrogen-bond acceptors (Lipinski definition) is 4. The molecule has 0 aliphatic carbocycles. The van der Waals surface area contributed by atoms with E-state index in [2.05, 4.69) is 5.32 Å². The molecule has 0 aromatic heterocycles. The first-order chi connectivity index (χ1) is 10.9. The highest BCUT2D eigenvalue weighted by Crippen LogP contribution is 2.33. The third-order valence-corrected chi connectivity index (χ3v) is 4.81. The van der Waals surface area contributed by atoms with E-state index < -0.39 is 5.41 Å². The summed E-state index contributed by atoms with van der Waals surface area (Å²) in [6, 6.07) is 3.71. The Kier molecular flexibility index (Phi) is 9.15. The predicted octanol–water partition coefficient (Wildman–Crippen LogP) is 3.38. The normalized spacial score (nSPS) is 12.1. The molecule has 0 fully saturated rings. The maximum absolute atomic E-state index is 12.7. The molecule has 5 nitrogen and oxygen atoms in total. The Labute approximate surface area is 151 Å². The Morgan fingerprint density at radius 3 is 2.12 bits per heavy atom. The Morgan fingerprint density at radius 2 is 1.71 bits per heavy atom. The summed E-state index contributed by atoms with van der Waals surface area (Å²) in [4.78, 5) is 12.7. The molecule has 1 unspecified atom stereocenters. The Balaban J connectivity index is 0.00000529. The van der Waals surface area contributed by atoms with Gasteiger partial charge in [-0.25, -0.2) is 0 Å². The molecule has 3 N–H and O–H groups in total. The van der Waals surface area contributed by atoms with E-state index in [9.17, 15) is 4.79 Å². The van der Waals surface area contributed by atoms with Crippen molar-refractivity contribution in [1.29, 1.82) is 0 Å². The van der Waals surface area contributed by atoms with Crippen LogP contribution in [0.3, 0.4) is 0 Å². The SMILES string of the molecule is CCC(CC)(CN)C(=O)NC(C)c1cc(OC)c(OC)cc1C.Cl. The van der Waals surface area contributed by atoms with Crippen molar-refractivity contribution >= 4 is 18.3 Å². The summed E-state index contributed by atoms with van der Waals surface area (Å²) in [5.74, 6) is 1.35. The van der Waals surface area contributed by atoms with Crippen LogP contribution in [0.25, 0.3) is 0 Å². The van der Waals surface area contributed by atoms with Crippen molar-refractivity contribution in [3.05, 3.63) is 23.3 Å². The van der Waals surface area contributed by atoms with Crippen LogP contribution in [-0.4, -0.2) is 26.7 Å². The van der Waals surface area contributed by atoms with Crippen molar-refractivity contribution in [2.45, 2.75) is 46.6 Å². The Morgan fingerprint density at radius 1 is 1.21 bits per heavy atom. The van der Waals surface area contributed by atoms with E-state index in [1.165, 1.54) is 0 Å². The van der Waals surface area contributed by atoms with Crippen molar-refractivity contribution < 1.29 is 14.3 Å². The number of carbonyl (C=O) groups excluding carboxylic acids is 1. The molecule has 6 heteroatoms. The van der Waals surface area contributed by atoms with Gasteiger partial charge in [0.2, 0.25) is 5.91 Å². The number of nitrogens with two attached hydrogens (primary N) is 1. The second-order valence-electron chi connectivity index (χ2n) is 5.95. The first kappa shape index (κ1) is 22.5. The summed E-state index contributed by atoms with van der Waals surface area (Å²) < 4.78 is 10.7. The van der Waals surface area contributed by atoms with Gasteiger partial charge >= 0.3 is 0 Å². The molecule has 1 amide bonds. The third-order valence-electron chi connectivity index (χ3n) is 4.81. The average molecular weight is 359 g/mol. The van der Waals surface area contributed by atoms with Crippen LogP contribution < -0.4 is 20.5 Å². The second kappa shape index (κ2) is 9.74. The standard InChI is InChI=1S/C18H30N2O3.ClH/c1-7-18(8-2,11-19)17(21)20-13(4)14-10-16(23-6)15(22-5)9-12(14)3;/h9-10,13H,7-8,11,19H2,1-6H3,(H,20,21);1H. The van der Waals surface area contributed by atoms with E-state index in [4.69, 9.17) is 15.2 Å². The third kappa shape index (κ3) is 4.54. The van der Waals surface area contributed by atoms with Crippen LogP contribution >= 0.6 is 12.4 Å². The Hall–Kier alpha value is -1.46. The Bertz CT molecular complexity index is 537. The van der Waals surface area contributed by atoms with E-state index in [1.54, 1.807) is 14.2 Å². The molecule has 0 spiro atoms. The molecule has 0 saturated heterocycles. The zero-order valence-corrected chi connectivity index (χ0v) is 16.4. The number of aryl methyl sites for hydroxylation is 1. The topological polar surface area (TPSA) is 73.6 Å². The quantitative estimate of drug-likeness (QED) is 0.747. The van der Waals surface area contributed by atoms with Gasteiger partial charge < -0.3 is 20.5 Å². The maximum atomic E-state index is 12.7. The zero-order chi connectivity index (χ0) is 17.6. The lowest BCUT2D eigenvalue weighted by Crippen LogP contribution is -2.46. The van der Waals surface area contributed by atoms with Crippen LogP contribution in [0.15, 0.2) is 12.1 Å². The molecule has 1 aromatic carbocycles. The lowest BCUT2D eigenvalue weighted by atomic mass is 9.81. The number of ether oxygens (including phenoxy) is 2. The van der Waals surface area contributed by atoms with Gasteiger partial charge in [0.25, 0.3) is 0 Å². The second-order valence-corrected chi connectivity index (χ2v) is 5.95. The number of hydrogen-bond donors (Lipinski definition) is 2. The minimum atomic E-state index is -0.501. The van der Waals surface area contributed by atoms with Crippen molar-refractivity contribution in [2.75, 3.05) is 20.8 Å². The smallest absolute Gasteiger partial charge is 0.227 e. The van der Waals surface area contributed by atoms with Crippen LogP contribution in [0.4, 0.5) is 0 Å². The fraction of sp³-hybridized carbons (Fsp3) is 0.611. The van der Waals surface area contributed by atoms with Crippen LogP contribution in [-0.2, 0) is 4.79 Å². The summed E-state index contributed by atoms with van der Waals surface area (Å²) in [7, 11) is 3.22. The van der Waals surface area contributed by atoms with Crippen LogP contribution in [0, 0.1) is 12.3 Å².